The summed E-state index contributed by atoms with van der Waals surface area (Å²) in [6.45, 7) is 2.65. The average molecular weight is 296 g/mol. The highest BCUT2D eigenvalue weighted by Gasteiger charge is 2.16. The number of nitrogens with one attached hydrogen (secondary N) is 1. The number of carbonyl (C=O) groups excluding carboxylic acids is 1. The topological polar surface area (TPSA) is 93.8 Å². The molecule has 0 heterocycles. The Morgan fingerprint density at radius 2 is 1.95 bits per heavy atom. The molecule has 0 aliphatic rings. The van der Waals surface area contributed by atoms with Crippen LogP contribution in [0, 0.1) is 5.92 Å². The van der Waals surface area contributed by atoms with Crippen LogP contribution in [0.15, 0.2) is 12.1 Å². The van der Waals surface area contributed by atoms with Crippen molar-refractivity contribution in [1.82, 2.24) is 5.32 Å². The lowest BCUT2D eigenvalue weighted by molar-refractivity contribution is 0.0944. The number of nitrogen functional groups attached to an aromatic ring is 1. The van der Waals surface area contributed by atoms with E-state index in [1.54, 1.807) is 12.1 Å². The molecule has 0 aliphatic carbocycles. The predicted octanol–water partition coefficient (Wildman–Crippen LogP) is 1.42. The summed E-state index contributed by atoms with van der Waals surface area (Å²) < 4.78 is 10.3. The van der Waals surface area contributed by atoms with Crippen molar-refractivity contribution in [2.45, 2.75) is 19.8 Å². The number of carbonyl (C=O) groups is 1. The molecular formula is C15H24N2O4. The Labute approximate surface area is 125 Å². The van der Waals surface area contributed by atoms with Crippen molar-refractivity contribution < 1.29 is 19.4 Å². The molecule has 0 fully saturated rings. The zero-order valence-electron chi connectivity index (χ0n) is 12.8. The molecule has 1 atom stereocenters. The second kappa shape index (κ2) is 8.36. The Hall–Kier alpha value is -1.95. The molecule has 1 amide bonds. The van der Waals surface area contributed by atoms with Crippen LogP contribution in [-0.2, 0) is 0 Å². The third-order valence-corrected chi connectivity index (χ3v) is 3.47. The summed E-state index contributed by atoms with van der Waals surface area (Å²) in [6.07, 6.45) is 1.56. The minimum absolute atomic E-state index is 0.118. The van der Waals surface area contributed by atoms with Crippen LogP contribution in [0.5, 0.6) is 11.5 Å². The number of nitrogens with two attached hydrogens (primary N) is 1. The SMILES string of the molecule is CCC(CCO)CNC(=O)c1cc(OC)c(OC)cc1N. The van der Waals surface area contributed by atoms with Gasteiger partial charge < -0.3 is 25.6 Å². The van der Waals surface area contributed by atoms with E-state index in [1.165, 1.54) is 14.2 Å². The first-order valence-electron chi connectivity index (χ1n) is 6.97. The number of aliphatic hydroxyl groups excluding tert-OH is 1. The molecule has 0 aliphatic heterocycles. The minimum Gasteiger partial charge on any atom is -0.493 e. The van der Waals surface area contributed by atoms with Gasteiger partial charge in [0.25, 0.3) is 5.91 Å². The highest BCUT2D eigenvalue weighted by atomic mass is 16.5. The molecule has 6 nitrogen and oxygen atoms in total. The molecule has 1 rings (SSSR count). The fourth-order valence-corrected chi connectivity index (χ4v) is 2.06. The van der Waals surface area contributed by atoms with E-state index in [0.29, 0.717) is 35.7 Å². The maximum Gasteiger partial charge on any atom is 0.253 e. The van der Waals surface area contributed by atoms with E-state index in [4.69, 9.17) is 20.3 Å². The first-order chi connectivity index (χ1) is 10.1. The van der Waals surface area contributed by atoms with Crippen molar-refractivity contribution in [1.29, 1.82) is 0 Å². The van der Waals surface area contributed by atoms with Crippen molar-refractivity contribution in [3.8, 4) is 11.5 Å². The fraction of sp³-hybridized carbons (Fsp3) is 0.533. The number of ether oxygens (including phenoxy) is 2. The molecule has 0 spiro atoms. The van der Waals surface area contributed by atoms with Gasteiger partial charge in [-0.1, -0.05) is 13.3 Å². The predicted molar refractivity (Wildman–Crippen MR) is 81.8 cm³/mol. The van der Waals surface area contributed by atoms with Crippen LogP contribution in [0.3, 0.4) is 0 Å². The first kappa shape index (κ1) is 17.1. The Kier molecular flexibility index (Phi) is 6.81. The molecular weight excluding hydrogens is 272 g/mol. The van der Waals surface area contributed by atoms with Crippen molar-refractivity contribution in [2.75, 3.05) is 33.1 Å². The van der Waals surface area contributed by atoms with E-state index in [0.717, 1.165) is 6.42 Å². The smallest absolute Gasteiger partial charge is 0.253 e. The van der Waals surface area contributed by atoms with E-state index in [1.807, 2.05) is 6.92 Å². The third kappa shape index (κ3) is 4.53. The van der Waals surface area contributed by atoms with E-state index < -0.39 is 0 Å². The van der Waals surface area contributed by atoms with Gasteiger partial charge in [0, 0.05) is 24.9 Å². The molecule has 1 aromatic carbocycles. The number of hydrogen-bond donors (Lipinski definition) is 3. The average Bonchev–Trinajstić information content (AvgIpc) is 2.50. The van der Waals surface area contributed by atoms with Gasteiger partial charge in [-0.3, -0.25) is 4.79 Å². The van der Waals surface area contributed by atoms with Crippen molar-refractivity contribution in [2.24, 2.45) is 5.92 Å². The lowest BCUT2D eigenvalue weighted by Crippen LogP contribution is -2.30. The lowest BCUT2D eigenvalue weighted by Gasteiger charge is -2.16. The van der Waals surface area contributed by atoms with Crippen molar-refractivity contribution >= 4 is 11.6 Å². The number of benzene rings is 1. The summed E-state index contributed by atoms with van der Waals surface area (Å²) >= 11 is 0. The van der Waals surface area contributed by atoms with Gasteiger partial charge >= 0.3 is 0 Å². The normalized spacial score (nSPS) is 11.8. The van der Waals surface area contributed by atoms with Crippen LogP contribution in [0.1, 0.15) is 30.1 Å². The van der Waals surface area contributed by atoms with Crippen LogP contribution in [0.4, 0.5) is 5.69 Å². The molecule has 1 unspecified atom stereocenters. The van der Waals surface area contributed by atoms with Crippen molar-refractivity contribution in [3.05, 3.63) is 17.7 Å². The van der Waals surface area contributed by atoms with E-state index in [-0.39, 0.29) is 18.4 Å². The quantitative estimate of drug-likeness (QED) is 0.631. The van der Waals surface area contributed by atoms with Crippen molar-refractivity contribution in [3.63, 3.8) is 0 Å². The molecule has 0 bridgehead atoms. The highest BCUT2D eigenvalue weighted by Crippen LogP contribution is 2.31. The Morgan fingerprint density at radius 1 is 1.33 bits per heavy atom. The fourth-order valence-electron chi connectivity index (χ4n) is 2.06. The molecule has 4 N–H and O–H groups in total. The number of hydrogen-bond acceptors (Lipinski definition) is 5. The first-order valence-corrected chi connectivity index (χ1v) is 6.97. The molecule has 6 heteroatoms. The van der Waals surface area contributed by atoms with E-state index in [2.05, 4.69) is 5.32 Å². The molecule has 0 radical (unpaired) electrons. The molecule has 21 heavy (non-hydrogen) atoms. The van der Waals surface area contributed by atoms with Crippen LogP contribution in [0.25, 0.3) is 0 Å². The van der Waals surface area contributed by atoms with E-state index in [9.17, 15) is 4.79 Å². The molecule has 0 saturated heterocycles. The number of aliphatic hydroxyl groups is 1. The number of amides is 1. The summed E-state index contributed by atoms with van der Waals surface area (Å²) in [5.41, 5.74) is 6.57. The van der Waals surface area contributed by atoms with Gasteiger partial charge in [-0.2, -0.15) is 0 Å². The summed E-state index contributed by atoms with van der Waals surface area (Å²) in [5.74, 6) is 0.933. The van der Waals surface area contributed by atoms with Gasteiger partial charge in [0.05, 0.1) is 19.8 Å². The summed E-state index contributed by atoms with van der Waals surface area (Å²) in [5, 5.41) is 11.8. The maximum atomic E-state index is 12.2. The Balaban J connectivity index is 2.82. The molecule has 0 aromatic heterocycles. The standard InChI is InChI=1S/C15H24N2O4/c1-4-10(5-6-18)9-17-15(19)11-7-13(20-2)14(21-3)8-12(11)16/h7-8,10,18H,4-6,9,16H2,1-3H3,(H,17,19). The summed E-state index contributed by atoms with van der Waals surface area (Å²) in [6, 6.07) is 3.13. The Morgan fingerprint density at radius 3 is 2.48 bits per heavy atom. The van der Waals surface area contributed by atoms with Crippen LogP contribution >= 0.6 is 0 Å². The number of rotatable bonds is 8. The number of methoxy groups -OCH3 is 2. The monoisotopic (exact) mass is 296 g/mol. The van der Waals surface area contributed by atoms with Crippen LogP contribution in [0.2, 0.25) is 0 Å². The Bertz CT molecular complexity index is 477. The van der Waals surface area contributed by atoms with E-state index >= 15 is 0 Å². The largest absolute Gasteiger partial charge is 0.493 e. The third-order valence-electron chi connectivity index (χ3n) is 3.47. The minimum atomic E-state index is -0.259. The maximum absolute atomic E-state index is 12.2. The second-order valence-corrected chi connectivity index (χ2v) is 4.79. The highest BCUT2D eigenvalue weighted by molar-refractivity contribution is 6.00. The van der Waals surface area contributed by atoms with Gasteiger partial charge in [-0.15, -0.1) is 0 Å². The molecule has 118 valence electrons. The van der Waals surface area contributed by atoms with Crippen LogP contribution in [-0.4, -0.2) is 38.4 Å². The van der Waals surface area contributed by atoms with Gasteiger partial charge in [-0.05, 0) is 18.4 Å². The van der Waals surface area contributed by atoms with Gasteiger partial charge in [0.15, 0.2) is 11.5 Å². The summed E-state index contributed by atoms with van der Waals surface area (Å²) in [7, 11) is 3.02. The zero-order valence-corrected chi connectivity index (χ0v) is 12.8. The summed E-state index contributed by atoms with van der Waals surface area (Å²) in [4.78, 5) is 12.2. The zero-order chi connectivity index (χ0) is 15.8. The lowest BCUT2D eigenvalue weighted by atomic mass is 10.0. The second-order valence-electron chi connectivity index (χ2n) is 4.79. The molecule has 1 aromatic rings. The van der Waals surface area contributed by atoms with Gasteiger partial charge in [0.1, 0.15) is 0 Å². The van der Waals surface area contributed by atoms with Gasteiger partial charge in [0.2, 0.25) is 0 Å². The van der Waals surface area contributed by atoms with Crippen LogP contribution < -0.4 is 20.5 Å². The van der Waals surface area contributed by atoms with Gasteiger partial charge in [-0.25, -0.2) is 0 Å². The molecule has 0 saturated carbocycles. The number of anilines is 1.